The largest absolute Gasteiger partial charge is 0.488 e. The second kappa shape index (κ2) is 7.43. The number of halogens is 1. The number of benzene rings is 1. The van der Waals surface area contributed by atoms with Crippen LogP contribution in [0.25, 0.3) is 0 Å². The number of hydrogen-bond donors (Lipinski definition) is 2. The van der Waals surface area contributed by atoms with Crippen LogP contribution < -0.4 is 10.1 Å². The van der Waals surface area contributed by atoms with Gasteiger partial charge in [0.1, 0.15) is 6.61 Å². The third-order valence-corrected chi connectivity index (χ3v) is 2.92. The Morgan fingerprint density at radius 1 is 1.26 bits per heavy atom. The molecule has 2 N–H and O–H groups in total. The molecule has 19 heavy (non-hydrogen) atoms. The Morgan fingerprint density at radius 2 is 2.11 bits per heavy atom. The minimum atomic E-state index is -0.350. The van der Waals surface area contributed by atoms with E-state index in [2.05, 4.69) is 5.32 Å². The fourth-order valence-corrected chi connectivity index (χ4v) is 1.77. The molecule has 1 aromatic rings. The van der Waals surface area contributed by atoms with Crippen molar-refractivity contribution >= 4 is 0 Å². The summed E-state index contributed by atoms with van der Waals surface area (Å²) in [4.78, 5) is 0. The van der Waals surface area contributed by atoms with E-state index < -0.39 is 0 Å². The van der Waals surface area contributed by atoms with Crippen LogP contribution in [-0.4, -0.2) is 37.6 Å². The Morgan fingerprint density at radius 3 is 2.84 bits per heavy atom. The fraction of sp³-hybridized carbons (Fsp3) is 0.571. The summed E-state index contributed by atoms with van der Waals surface area (Å²) in [5, 5.41) is 11.9. The minimum absolute atomic E-state index is 0.0176. The highest BCUT2D eigenvalue weighted by atomic mass is 19.1. The molecule has 0 amide bonds. The van der Waals surface area contributed by atoms with Crippen molar-refractivity contribution in [2.24, 2.45) is 0 Å². The fourth-order valence-electron chi connectivity index (χ4n) is 1.77. The van der Waals surface area contributed by atoms with Gasteiger partial charge in [0.25, 0.3) is 0 Å². The second-order valence-electron chi connectivity index (χ2n) is 4.57. The Kier molecular flexibility index (Phi) is 5.57. The van der Waals surface area contributed by atoms with Gasteiger partial charge in [-0.25, -0.2) is 4.39 Å². The molecule has 5 heteroatoms. The standard InChI is InChI=1S/C14H20FNO3/c15-13-3-1-2-11(10-16-12-4-5-12)14(13)19-9-8-18-7-6-17/h1-3,12,16-17H,4-10H2. The Labute approximate surface area is 112 Å². The van der Waals surface area contributed by atoms with Crippen LogP contribution in [0.5, 0.6) is 5.75 Å². The summed E-state index contributed by atoms with van der Waals surface area (Å²) >= 11 is 0. The van der Waals surface area contributed by atoms with Gasteiger partial charge in [-0.2, -0.15) is 0 Å². The second-order valence-corrected chi connectivity index (χ2v) is 4.57. The zero-order valence-electron chi connectivity index (χ0n) is 10.9. The molecule has 1 saturated carbocycles. The molecule has 0 aromatic heterocycles. The van der Waals surface area contributed by atoms with E-state index in [0.717, 1.165) is 5.56 Å². The van der Waals surface area contributed by atoms with Crippen molar-refractivity contribution in [3.05, 3.63) is 29.6 Å². The van der Waals surface area contributed by atoms with E-state index in [0.29, 0.717) is 24.9 Å². The summed E-state index contributed by atoms with van der Waals surface area (Å²) in [7, 11) is 0. The van der Waals surface area contributed by atoms with Crippen molar-refractivity contribution in [3.8, 4) is 5.75 Å². The van der Waals surface area contributed by atoms with Gasteiger partial charge in [0.05, 0.1) is 19.8 Å². The van der Waals surface area contributed by atoms with Gasteiger partial charge in [0, 0.05) is 18.2 Å². The molecule has 1 aliphatic carbocycles. The predicted octanol–water partition coefficient (Wildman–Crippen LogP) is 1.47. The summed E-state index contributed by atoms with van der Waals surface area (Å²) in [6, 6.07) is 5.52. The lowest BCUT2D eigenvalue weighted by Gasteiger charge is -2.13. The zero-order chi connectivity index (χ0) is 13.5. The van der Waals surface area contributed by atoms with E-state index in [9.17, 15) is 4.39 Å². The van der Waals surface area contributed by atoms with E-state index in [4.69, 9.17) is 14.6 Å². The molecule has 4 nitrogen and oxygen atoms in total. The summed E-state index contributed by atoms with van der Waals surface area (Å²) in [6.07, 6.45) is 2.39. The van der Waals surface area contributed by atoms with Gasteiger partial charge in [0.15, 0.2) is 11.6 Å². The lowest BCUT2D eigenvalue weighted by molar-refractivity contribution is 0.0694. The van der Waals surface area contributed by atoms with Crippen LogP contribution in [0.2, 0.25) is 0 Å². The Bertz CT molecular complexity index is 396. The number of nitrogens with one attached hydrogen (secondary N) is 1. The topological polar surface area (TPSA) is 50.7 Å². The molecule has 1 aliphatic rings. The van der Waals surface area contributed by atoms with Crippen LogP contribution in [0.15, 0.2) is 18.2 Å². The molecule has 0 aliphatic heterocycles. The van der Waals surface area contributed by atoms with Crippen molar-refractivity contribution in [1.82, 2.24) is 5.32 Å². The molecule has 0 atom stereocenters. The van der Waals surface area contributed by atoms with Gasteiger partial charge in [-0.15, -0.1) is 0 Å². The van der Waals surface area contributed by atoms with Crippen LogP contribution in [0.3, 0.4) is 0 Å². The van der Waals surface area contributed by atoms with Crippen molar-refractivity contribution in [2.75, 3.05) is 26.4 Å². The lowest BCUT2D eigenvalue weighted by Crippen LogP contribution is -2.17. The number of rotatable bonds is 9. The highest BCUT2D eigenvalue weighted by molar-refractivity contribution is 5.35. The monoisotopic (exact) mass is 269 g/mol. The van der Waals surface area contributed by atoms with Crippen molar-refractivity contribution in [1.29, 1.82) is 0 Å². The maximum absolute atomic E-state index is 13.7. The van der Waals surface area contributed by atoms with E-state index >= 15 is 0 Å². The predicted molar refractivity (Wildman–Crippen MR) is 69.7 cm³/mol. The average molecular weight is 269 g/mol. The maximum atomic E-state index is 13.7. The molecule has 1 fully saturated rings. The van der Waals surface area contributed by atoms with Crippen molar-refractivity contribution < 1.29 is 19.0 Å². The average Bonchev–Trinajstić information content (AvgIpc) is 3.22. The van der Waals surface area contributed by atoms with Crippen LogP contribution in [0, 0.1) is 5.82 Å². The molecule has 2 rings (SSSR count). The summed E-state index contributed by atoms with van der Waals surface area (Å²) in [5.74, 6) is -0.0551. The molecular weight excluding hydrogens is 249 g/mol. The lowest BCUT2D eigenvalue weighted by atomic mass is 10.2. The van der Waals surface area contributed by atoms with Crippen molar-refractivity contribution in [2.45, 2.75) is 25.4 Å². The molecule has 0 radical (unpaired) electrons. The Hall–Kier alpha value is -1.17. The van der Waals surface area contributed by atoms with Crippen LogP contribution in [0.1, 0.15) is 18.4 Å². The zero-order valence-corrected chi connectivity index (χ0v) is 10.9. The molecule has 0 unspecified atom stereocenters. The van der Waals surface area contributed by atoms with Gasteiger partial charge in [-0.05, 0) is 18.9 Å². The normalized spacial score (nSPS) is 14.6. The molecule has 0 bridgehead atoms. The molecule has 0 heterocycles. The Balaban J connectivity index is 1.84. The van der Waals surface area contributed by atoms with E-state index in [1.54, 1.807) is 6.07 Å². The summed E-state index contributed by atoms with van der Waals surface area (Å²) in [5.41, 5.74) is 0.828. The highest BCUT2D eigenvalue weighted by Gasteiger charge is 2.21. The SMILES string of the molecule is OCCOCCOc1c(F)cccc1CNC1CC1. The number of ether oxygens (including phenoxy) is 2. The third-order valence-electron chi connectivity index (χ3n) is 2.92. The van der Waals surface area contributed by atoms with Gasteiger partial charge >= 0.3 is 0 Å². The smallest absolute Gasteiger partial charge is 0.165 e. The first kappa shape index (κ1) is 14.2. The number of hydrogen-bond acceptors (Lipinski definition) is 4. The summed E-state index contributed by atoms with van der Waals surface area (Å²) < 4.78 is 24.3. The van der Waals surface area contributed by atoms with Gasteiger partial charge in [0.2, 0.25) is 0 Å². The van der Waals surface area contributed by atoms with Gasteiger partial charge in [-0.1, -0.05) is 12.1 Å². The molecule has 0 saturated heterocycles. The quantitative estimate of drug-likeness (QED) is 0.667. The number of aliphatic hydroxyl groups is 1. The first-order valence-electron chi connectivity index (χ1n) is 6.63. The summed E-state index contributed by atoms with van der Waals surface area (Å²) in [6.45, 7) is 1.49. The van der Waals surface area contributed by atoms with E-state index in [1.165, 1.54) is 18.9 Å². The van der Waals surface area contributed by atoms with Crippen LogP contribution in [0.4, 0.5) is 4.39 Å². The third kappa shape index (κ3) is 4.78. The van der Waals surface area contributed by atoms with Crippen molar-refractivity contribution in [3.63, 3.8) is 0 Å². The number of para-hydroxylation sites is 1. The highest BCUT2D eigenvalue weighted by Crippen LogP contribution is 2.25. The molecule has 0 spiro atoms. The van der Waals surface area contributed by atoms with Gasteiger partial charge < -0.3 is 19.9 Å². The van der Waals surface area contributed by atoms with Gasteiger partial charge in [-0.3, -0.25) is 0 Å². The minimum Gasteiger partial charge on any atom is -0.488 e. The van der Waals surface area contributed by atoms with E-state index in [-0.39, 0.29) is 25.6 Å². The number of aliphatic hydroxyl groups excluding tert-OH is 1. The molecule has 106 valence electrons. The van der Waals surface area contributed by atoms with Crippen LogP contribution in [-0.2, 0) is 11.3 Å². The van der Waals surface area contributed by atoms with E-state index in [1.807, 2.05) is 6.07 Å². The maximum Gasteiger partial charge on any atom is 0.165 e. The molecular formula is C14H20FNO3. The first-order chi connectivity index (χ1) is 9.31. The molecule has 1 aromatic carbocycles. The first-order valence-corrected chi connectivity index (χ1v) is 6.63. The van der Waals surface area contributed by atoms with Crippen LogP contribution >= 0.6 is 0 Å².